The van der Waals surface area contributed by atoms with Crippen LogP contribution in [0.4, 0.5) is 0 Å². The van der Waals surface area contributed by atoms with Gasteiger partial charge in [-0.2, -0.15) is 9.61 Å². The third-order valence-corrected chi connectivity index (χ3v) is 5.28. The van der Waals surface area contributed by atoms with Gasteiger partial charge in [0, 0.05) is 11.1 Å². The van der Waals surface area contributed by atoms with Gasteiger partial charge in [0.2, 0.25) is 0 Å². The molecule has 0 radical (unpaired) electrons. The highest BCUT2D eigenvalue weighted by molar-refractivity contribution is 5.73. The average molecular weight is 348 g/mol. The lowest BCUT2D eigenvalue weighted by atomic mass is 9.93. The van der Waals surface area contributed by atoms with Crippen molar-refractivity contribution in [3.05, 3.63) is 51.1 Å². The molecule has 0 unspecified atom stereocenters. The van der Waals surface area contributed by atoms with E-state index in [0.29, 0.717) is 11.5 Å². The highest BCUT2D eigenvalue weighted by atomic mass is 16.5. The molecule has 3 aromatic rings. The Hall–Kier alpha value is -2.76. The first-order valence-corrected chi connectivity index (χ1v) is 9.07. The SMILES string of the molecule is Cc1ccc2c(c1)-c1nn3c(=O)c4c(nc3nc1C(C)(C)O2)CCCC4. The van der Waals surface area contributed by atoms with Crippen LogP contribution >= 0.6 is 0 Å². The second-order valence-corrected chi connectivity index (χ2v) is 7.68. The van der Waals surface area contributed by atoms with E-state index in [9.17, 15) is 4.79 Å². The van der Waals surface area contributed by atoms with Crippen LogP contribution in [-0.2, 0) is 18.4 Å². The average Bonchev–Trinajstić information content (AvgIpc) is 2.62. The van der Waals surface area contributed by atoms with Crippen molar-refractivity contribution in [3.63, 3.8) is 0 Å². The third kappa shape index (κ3) is 2.11. The van der Waals surface area contributed by atoms with Gasteiger partial charge in [-0.1, -0.05) is 11.6 Å². The molecule has 0 N–H and O–H groups in total. The van der Waals surface area contributed by atoms with Gasteiger partial charge in [0.15, 0.2) is 0 Å². The summed E-state index contributed by atoms with van der Waals surface area (Å²) in [7, 11) is 0. The van der Waals surface area contributed by atoms with Crippen molar-refractivity contribution in [1.82, 2.24) is 19.6 Å². The zero-order chi connectivity index (χ0) is 18.1. The number of hydrogen-bond donors (Lipinski definition) is 0. The Morgan fingerprint density at radius 1 is 1.15 bits per heavy atom. The first-order valence-electron chi connectivity index (χ1n) is 9.07. The fraction of sp³-hybridized carbons (Fsp3) is 0.400. The lowest BCUT2D eigenvalue weighted by Gasteiger charge is -2.33. The molecule has 6 nitrogen and oxygen atoms in total. The van der Waals surface area contributed by atoms with Crippen molar-refractivity contribution < 1.29 is 4.74 Å². The molecular formula is C20H20N4O2. The number of fused-ring (bicyclic) bond motifs is 5. The minimum Gasteiger partial charge on any atom is -0.481 e. The Labute approximate surface area is 150 Å². The minimum atomic E-state index is -0.639. The largest absolute Gasteiger partial charge is 0.481 e. The molecule has 0 saturated heterocycles. The fourth-order valence-corrected chi connectivity index (χ4v) is 3.93. The van der Waals surface area contributed by atoms with Crippen LogP contribution in [-0.4, -0.2) is 19.6 Å². The standard InChI is InChI=1S/C20H20N4O2/c1-11-8-9-15-13(10-11)16-17(20(2,3)26-15)22-19-21-14-7-5-4-6-12(14)18(25)24(19)23-16/h8-10H,4-7H2,1-3H3. The van der Waals surface area contributed by atoms with E-state index >= 15 is 0 Å². The first kappa shape index (κ1) is 15.5. The summed E-state index contributed by atoms with van der Waals surface area (Å²) >= 11 is 0. The summed E-state index contributed by atoms with van der Waals surface area (Å²) in [5.41, 5.74) is 4.35. The van der Waals surface area contributed by atoms with Gasteiger partial charge in [-0.3, -0.25) is 4.79 Å². The lowest BCUT2D eigenvalue weighted by molar-refractivity contribution is 0.0997. The van der Waals surface area contributed by atoms with Gasteiger partial charge in [0.1, 0.15) is 22.7 Å². The summed E-state index contributed by atoms with van der Waals surface area (Å²) in [5, 5.41) is 4.70. The van der Waals surface area contributed by atoms with E-state index in [1.807, 2.05) is 39.0 Å². The van der Waals surface area contributed by atoms with Gasteiger partial charge in [0.05, 0.1) is 5.69 Å². The second kappa shape index (κ2) is 5.13. The molecule has 1 aliphatic heterocycles. The summed E-state index contributed by atoms with van der Waals surface area (Å²) in [4.78, 5) is 22.4. The Kier molecular flexibility index (Phi) is 3.05. The molecule has 0 spiro atoms. The second-order valence-electron chi connectivity index (χ2n) is 7.68. The number of hydrogen-bond acceptors (Lipinski definition) is 5. The molecular weight excluding hydrogens is 328 g/mol. The molecule has 5 rings (SSSR count). The van der Waals surface area contributed by atoms with Gasteiger partial charge in [0.25, 0.3) is 11.3 Å². The number of benzene rings is 1. The van der Waals surface area contributed by atoms with Crippen LogP contribution in [0.5, 0.6) is 5.75 Å². The van der Waals surface area contributed by atoms with Crippen LogP contribution in [0.15, 0.2) is 23.0 Å². The molecule has 0 bridgehead atoms. The number of nitrogens with zero attached hydrogens (tertiary/aromatic N) is 4. The topological polar surface area (TPSA) is 69.4 Å². The van der Waals surface area contributed by atoms with E-state index in [2.05, 4.69) is 4.98 Å². The van der Waals surface area contributed by atoms with Gasteiger partial charge < -0.3 is 4.74 Å². The first-order chi connectivity index (χ1) is 12.4. The molecule has 6 heteroatoms. The highest BCUT2D eigenvalue weighted by Gasteiger charge is 2.36. The summed E-state index contributed by atoms with van der Waals surface area (Å²) in [5.74, 6) is 1.13. The van der Waals surface area contributed by atoms with Crippen LogP contribution in [0.25, 0.3) is 17.0 Å². The zero-order valence-electron chi connectivity index (χ0n) is 15.2. The van der Waals surface area contributed by atoms with E-state index in [-0.39, 0.29) is 5.56 Å². The van der Waals surface area contributed by atoms with Crippen LogP contribution in [0.3, 0.4) is 0 Å². The summed E-state index contributed by atoms with van der Waals surface area (Å²) < 4.78 is 7.55. The maximum Gasteiger partial charge on any atom is 0.279 e. The molecule has 0 amide bonds. The van der Waals surface area contributed by atoms with E-state index in [4.69, 9.17) is 14.8 Å². The third-order valence-electron chi connectivity index (χ3n) is 5.28. The molecule has 2 aromatic heterocycles. The molecule has 0 atom stereocenters. The highest BCUT2D eigenvalue weighted by Crippen LogP contribution is 2.43. The maximum absolute atomic E-state index is 13.0. The number of ether oxygens (including phenoxy) is 1. The molecule has 26 heavy (non-hydrogen) atoms. The van der Waals surface area contributed by atoms with Crippen LogP contribution in [0.1, 0.15) is 49.2 Å². The predicted octanol–water partition coefficient (Wildman–Crippen LogP) is 2.97. The summed E-state index contributed by atoms with van der Waals surface area (Å²) in [6.45, 7) is 5.96. The van der Waals surface area contributed by atoms with Gasteiger partial charge in [-0.05, 0) is 58.6 Å². The number of aromatic nitrogens is 4. The Bertz CT molecular complexity index is 1130. The zero-order valence-corrected chi connectivity index (χ0v) is 15.2. The van der Waals surface area contributed by atoms with Gasteiger partial charge in [-0.15, -0.1) is 0 Å². The van der Waals surface area contributed by atoms with Crippen LogP contribution in [0, 0.1) is 6.92 Å². The Balaban J connectivity index is 1.87. The van der Waals surface area contributed by atoms with Crippen LogP contribution in [0.2, 0.25) is 0 Å². The summed E-state index contributed by atoms with van der Waals surface area (Å²) in [6.07, 6.45) is 3.70. The molecule has 132 valence electrons. The lowest BCUT2D eigenvalue weighted by Crippen LogP contribution is -2.34. The predicted molar refractivity (Wildman–Crippen MR) is 97.5 cm³/mol. The van der Waals surface area contributed by atoms with Crippen molar-refractivity contribution >= 4 is 5.78 Å². The summed E-state index contributed by atoms with van der Waals surface area (Å²) in [6, 6.07) is 5.99. The Morgan fingerprint density at radius 2 is 1.96 bits per heavy atom. The van der Waals surface area contributed by atoms with Crippen molar-refractivity contribution in [2.24, 2.45) is 0 Å². The maximum atomic E-state index is 13.0. The van der Waals surface area contributed by atoms with Crippen molar-refractivity contribution in [3.8, 4) is 17.0 Å². The Morgan fingerprint density at radius 3 is 2.81 bits per heavy atom. The van der Waals surface area contributed by atoms with E-state index in [1.54, 1.807) is 0 Å². The molecule has 1 aliphatic carbocycles. The van der Waals surface area contributed by atoms with E-state index < -0.39 is 5.60 Å². The van der Waals surface area contributed by atoms with Crippen molar-refractivity contribution in [2.75, 3.05) is 0 Å². The van der Waals surface area contributed by atoms with Crippen molar-refractivity contribution in [1.29, 1.82) is 0 Å². The monoisotopic (exact) mass is 348 g/mol. The van der Waals surface area contributed by atoms with Crippen molar-refractivity contribution in [2.45, 2.75) is 52.1 Å². The van der Waals surface area contributed by atoms with Gasteiger partial charge >= 0.3 is 0 Å². The van der Waals surface area contributed by atoms with E-state index in [1.165, 1.54) is 4.52 Å². The number of rotatable bonds is 0. The quantitative estimate of drug-likeness (QED) is 0.625. The molecule has 2 aliphatic rings. The molecule has 0 fully saturated rings. The molecule has 3 heterocycles. The van der Waals surface area contributed by atoms with Gasteiger partial charge in [-0.25, -0.2) is 9.97 Å². The normalized spacial score (nSPS) is 17.2. The van der Waals surface area contributed by atoms with E-state index in [0.717, 1.165) is 59.5 Å². The minimum absolute atomic E-state index is 0.0847. The molecule has 1 aromatic carbocycles. The van der Waals surface area contributed by atoms with Crippen LogP contribution < -0.4 is 10.3 Å². The molecule has 0 saturated carbocycles. The number of aryl methyl sites for hydroxylation is 2. The fourth-order valence-electron chi connectivity index (χ4n) is 3.93. The smallest absolute Gasteiger partial charge is 0.279 e.